The first-order valence-electron chi connectivity index (χ1n) is 6.88. The highest BCUT2D eigenvalue weighted by molar-refractivity contribution is 5.87. The van der Waals surface area contributed by atoms with Crippen LogP contribution in [0.4, 0.5) is 0 Å². The number of nitrogens with one attached hydrogen (secondary N) is 1. The van der Waals surface area contributed by atoms with Crippen molar-refractivity contribution in [2.24, 2.45) is 5.92 Å². The Kier molecular flexibility index (Phi) is 7.06. The van der Waals surface area contributed by atoms with Gasteiger partial charge in [-0.25, -0.2) is 4.79 Å². The number of benzene rings is 1. The van der Waals surface area contributed by atoms with E-state index in [1.807, 2.05) is 12.1 Å². The molecule has 22 heavy (non-hydrogen) atoms. The maximum atomic E-state index is 12.4. The van der Waals surface area contributed by atoms with Crippen LogP contribution in [0.15, 0.2) is 30.3 Å². The van der Waals surface area contributed by atoms with E-state index >= 15 is 0 Å². The molecule has 0 aromatic heterocycles. The summed E-state index contributed by atoms with van der Waals surface area (Å²) < 4.78 is 9.92. The molecule has 1 rings (SSSR count). The first-order valence-corrected chi connectivity index (χ1v) is 6.88. The molecule has 0 bridgehead atoms. The Labute approximate surface area is 130 Å². The van der Waals surface area contributed by atoms with Crippen LogP contribution in [-0.2, 0) is 19.1 Å². The number of nitriles is 1. The van der Waals surface area contributed by atoms with Crippen molar-refractivity contribution in [2.75, 3.05) is 14.2 Å². The highest BCUT2D eigenvalue weighted by Crippen LogP contribution is 2.18. The number of rotatable bonds is 7. The topological polar surface area (TPSA) is 88.4 Å². The van der Waals surface area contributed by atoms with Gasteiger partial charge in [0, 0.05) is 19.4 Å². The molecule has 0 heterocycles. The van der Waals surface area contributed by atoms with Gasteiger partial charge in [-0.05, 0) is 5.56 Å². The zero-order chi connectivity index (χ0) is 16.5. The minimum atomic E-state index is -0.890. The minimum Gasteiger partial charge on any atom is -0.467 e. The molecule has 1 aromatic carbocycles. The lowest BCUT2D eigenvalue weighted by atomic mass is 9.98. The number of carbonyl (C=O) groups is 2. The van der Waals surface area contributed by atoms with Gasteiger partial charge in [0.25, 0.3) is 5.91 Å². The second-order valence-corrected chi connectivity index (χ2v) is 4.88. The molecule has 3 atom stereocenters. The SMILES string of the molecule is COC(=O)[C@@H](NC(=O)[C@H](OC)c1ccccc1)[C@@H](C)CC#N. The standard InChI is InChI=1S/C16H20N2O4/c1-11(9-10-17)13(16(20)22-3)18-15(19)14(21-2)12-7-5-4-6-8-12/h4-8,11,13-14H,9H2,1-3H3,(H,18,19)/t11-,13-,14+/m0/s1. The van der Waals surface area contributed by atoms with E-state index in [0.29, 0.717) is 5.56 Å². The Morgan fingerprint density at radius 3 is 2.41 bits per heavy atom. The van der Waals surface area contributed by atoms with Gasteiger partial charge >= 0.3 is 5.97 Å². The molecule has 1 aromatic rings. The third kappa shape index (κ3) is 4.57. The minimum absolute atomic E-state index is 0.128. The van der Waals surface area contributed by atoms with E-state index in [0.717, 1.165) is 0 Å². The Bertz CT molecular complexity index is 539. The molecule has 6 nitrogen and oxygen atoms in total. The number of esters is 1. The van der Waals surface area contributed by atoms with Crippen LogP contribution in [-0.4, -0.2) is 32.1 Å². The van der Waals surface area contributed by atoms with Crippen molar-refractivity contribution in [1.82, 2.24) is 5.32 Å². The van der Waals surface area contributed by atoms with Crippen molar-refractivity contribution in [3.05, 3.63) is 35.9 Å². The molecule has 0 aliphatic heterocycles. The highest BCUT2D eigenvalue weighted by atomic mass is 16.5. The van der Waals surface area contributed by atoms with Crippen LogP contribution < -0.4 is 5.32 Å². The summed E-state index contributed by atoms with van der Waals surface area (Å²) in [5.74, 6) is -1.40. The molecule has 6 heteroatoms. The molecule has 0 spiro atoms. The van der Waals surface area contributed by atoms with Gasteiger partial charge < -0.3 is 14.8 Å². The van der Waals surface area contributed by atoms with Crippen molar-refractivity contribution >= 4 is 11.9 Å². The van der Waals surface area contributed by atoms with E-state index in [-0.39, 0.29) is 12.3 Å². The van der Waals surface area contributed by atoms with Crippen LogP contribution in [0.1, 0.15) is 25.0 Å². The molecular formula is C16H20N2O4. The summed E-state index contributed by atoms with van der Waals surface area (Å²) in [4.78, 5) is 24.2. The summed E-state index contributed by atoms with van der Waals surface area (Å²) in [6, 6.07) is 10.0. The van der Waals surface area contributed by atoms with Gasteiger partial charge in [0.1, 0.15) is 6.04 Å². The van der Waals surface area contributed by atoms with Gasteiger partial charge in [-0.3, -0.25) is 4.79 Å². The fourth-order valence-electron chi connectivity index (χ4n) is 2.07. The molecule has 1 N–H and O–H groups in total. The smallest absolute Gasteiger partial charge is 0.328 e. The number of amides is 1. The average molecular weight is 304 g/mol. The zero-order valence-electron chi connectivity index (χ0n) is 12.9. The summed E-state index contributed by atoms with van der Waals surface area (Å²) in [5.41, 5.74) is 0.680. The van der Waals surface area contributed by atoms with E-state index in [4.69, 9.17) is 14.7 Å². The Morgan fingerprint density at radius 1 is 1.27 bits per heavy atom. The largest absolute Gasteiger partial charge is 0.467 e. The maximum Gasteiger partial charge on any atom is 0.328 e. The van der Waals surface area contributed by atoms with Crippen LogP contribution in [0, 0.1) is 17.2 Å². The van der Waals surface area contributed by atoms with Gasteiger partial charge in [-0.1, -0.05) is 37.3 Å². The van der Waals surface area contributed by atoms with E-state index in [2.05, 4.69) is 5.32 Å². The van der Waals surface area contributed by atoms with Crippen molar-refractivity contribution in [3.8, 4) is 6.07 Å². The number of hydrogen-bond donors (Lipinski definition) is 1. The fourth-order valence-corrected chi connectivity index (χ4v) is 2.07. The molecule has 1 amide bonds. The van der Waals surface area contributed by atoms with E-state index in [1.54, 1.807) is 31.2 Å². The van der Waals surface area contributed by atoms with Crippen LogP contribution in [0.2, 0.25) is 0 Å². The summed E-state index contributed by atoms with van der Waals surface area (Å²) in [7, 11) is 2.66. The van der Waals surface area contributed by atoms with Gasteiger partial charge in [0.05, 0.1) is 13.2 Å². The van der Waals surface area contributed by atoms with E-state index in [1.165, 1.54) is 14.2 Å². The average Bonchev–Trinajstić information content (AvgIpc) is 2.53. The Morgan fingerprint density at radius 2 is 1.91 bits per heavy atom. The third-order valence-electron chi connectivity index (χ3n) is 3.31. The molecule has 0 saturated heterocycles. The number of nitrogens with zero attached hydrogens (tertiary/aromatic N) is 1. The quantitative estimate of drug-likeness (QED) is 0.773. The molecule has 0 fully saturated rings. The summed E-state index contributed by atoms with van der Waals surface area (Å²) in [6.07, 6.45) is -0.703. The van der Waals surface area contributed by atoms with Gasteiger partial charge in [-0.15, -0.1) is 0 Å². The van der Waals surface area contributed by atoms with Crippen LogP contribution >= 0.6 is 0 Å². The molecule has 0 aliphatic rings. The molecule has 0 unspecified atom stereocenters. The molecule has 0 aliphatic carbocycles. The third-order valence-corrected chi connectivity index (χ3v) is 3.31. The molecule has 118 valence electrons. The van der Waals surface area contributed by atoms with Crippen molar-refractivity contribution in [2.45, 2.75) is 25.5 Å². The Hall–Kier alpha value is -2.39. The predicted molar refractivity (Wildman–Crippen MR) is 79.5 cm³/mol. The molecular weight excluding hydrogens is 284 g/mol. The molecule has 0 saturated carbocycles. The van der Waals surface area contributed by atoms with Crippen LogP contribution in [0.5, 0.6) is 0 Å². The van der Waals surface area contributed by atoms with E-state index < -0.39 is 24.0 Å². The number of methoxy groups -OCH3 is 2. The lowest BCUT2D eigenvalue weighted by Crippen LogP contribution is -2.47. The monoisotopic (exact) mass is 304 g/mol. The van der Waals surface area contributed by atoms with Crippen molar-refractivity contribution < 1.29 is 19.1 Å². The van der Waals surface area contributed by atoms with Crippen LogP contribution in [0.25, 0.3) is 0 Å². The first kappa shape index (κ1) is 17.7. The second kappa shape index (κ2) is 8.80. The van der Waals surface area contributed by atoms with Gasteiger partial charge in [0.2, 0.25) is 0 Å². The second-order valence-electron chi connectivity index (χ2n) is 4.88. The number of hydrogen-bond acceptors (Lipinski definition) is 5. The summed E-state index contributed by atoms with van der Waals surface area (Å²) in [6.45, 7) is 1.70. The van der Waals surface area contributed by atoms with Crippen molar-refractivity contribution in [3.63, 3.8) is 0 Å². The van der Waals surface area contributed by atoms with Gasteiger partial charge in [-0.2, -0.15) is 5.26 Å². The zero-order valence-corrected chi connectivity index (χ0v) is 12.9. The highest BCUT2D eigenvalue weighted by Gasteiger charge is 2.31. The first-order chi connectivity index (χ1) is 10.5. The summed E-state index contributed by atoms with van der Waals surface area (Å²) in [5, 5.41) is 11.4. The summed E-state index contributed by atoms with van der Waals surface area (Å²) >= 11 is 0. The Balaban J connectivity index is 2.89. The fraction of sp³-hybridized carbons (Fsp3) is 0.438. The van der Waals surface area contributed by atoms with E-state index in [9.17, 15) is 9.59 Å². The van der Waals surface area contributed by atoms with Gasteiger partial charge in [0.15, 0.2) is 6.10 Å². The maximum absolute atomic E-state index is 12.4. The normalized spacial score (nSPS) is 14.3. The molecule has 0 radical (unpaired) electrons. The lowest BCUT2D eigenvalue weighted by molar-refractivity contribution is -0.148. The van der Waals surface area contributed by atoms with Crippen LogP contribution in [0.3, 0.4) is 0 Å². The number of carbonyl (C=O) groups excluding carboxylic acids is 2. The van der Waals surface area contributed by atoms with Crippen molar-refractivity contribution in [1.29, 1.82) is 5.26 Å². The lowest BCUT2D eigenvalue weighted by Gasteiger charge is -2.24. The number of ether oxygens (including phenoxy) is 2. The predicted octanol–water partition coefficient (Wildman–Crippen LogP) is 1.58.